The maximum absolute atomic E-state index is 5.98. The van der Waals surface area contributed by atoms with Crippen molar-refractivity contribution in [2.75, 3.05) is 5.73 Å². The number of rotatable bonds is 2. The van der Waals surface area contributed by atoms with Crippen LogP contribution in [-0.4, -0.2) is 20.2 Å². The van der Waals surface area contributed by atoms with Gasteiger partial charge in [-0.05, 0) is 52.8 Å². The van der Waals surface area contributed by atoms with E-state index in [-0.39, 0.29) is 0 Å². The van der Waals surface area contributed by atoms with Crippen molar-refractivity contribution in [2.24, 2.45) is 0 Å². The molecule has 2 aromatic heterocycles. The Hall–Kier alpha value is -1.60. The van der Waals surface area contributed by atoms with Gasteiger partial charge in [0.1, 0.15) is 5.82 Å². The van der Waals surface area contributed by atoms with Gasteiger partial charge in [-0.1, -0.05) is 0 Å². The smallest absolute Gasteiger partial charge is 0.213 e. The van der Waals surface area contributed by atoms with Gasteiger partial charge in [-0.2, -0.15) is 0 Å². The number of nitrogens with zero attached hydrogens (tertiary/aromatic N) is 3. The average molecular weight is 336 g/mol. The largest absolute Gasteiger partial charge is 0.398 e. The lowest BCUT2D eigenvalue weighted by molar-refractivity contribution is 0.970. The van der Waals surface area contributed by atoms with Crippen LogP contribution in [0.1, 0.15) is 5.82 Å². The zero-order chi connectivity index (χ0) is 13.4. The summed E-state index contributed by atoms with van der Waals surface area (Å²) >= 11 is 4.87. The van der Waals surface area contributed by atoms with E-state index < -0.39 is 0 Å². The highest BCUT2D eigenvalue weighted by atomic mass is 79.9. The van der Waals surface area contributed by atoms with E-state index in [1.54, 1.807) is 6.20 Å². The molecule has 96 valence electrons. The van der Waals surface area contributed by atoms with Crippen LogP contribution in [0, 0.1) is 6.92 Å². The summed E-state index contributed by atoms with van der Waals surface area (Å²) in [5, 5.41) is 8.54. The Morgan fingerprint density at radius 1 is 1.37 bits per heavy atom. The summed E-state index contributed by atoms with van der Waals surface area (Å²) in [5.74, 6) is 0.790. The number of aryl methyl sites for hydroxylation is 1. The van der Waals surface area contributed by atoms with Crippen molar-refractivity contribution >= 4 is 44.3 Å². The van der Waals surface area contributed by atoms with E-state index in [0.717, 1.165) is 26.1 Å². The number of anilines is 1. The molecule has 0 spiro atoms. The molecule has 0 amide bonds. The molecule has 0 radical (unpaired) electrons. The Kier molecular flexibility index (Phi) is 3.16. The van der Waals surface area contributed by atoms with Crippen molar-refractivity contribution in [1.29, 1.82) is 0 Å². The van der Waals surface area contributed by atoms with Crippen molar-refractivity contribution in [1.82, 2.24) is 20.2 Å². The first-order valence-electron chi connectivity index (χ1n) is 5.54. The van der Waals surface area contributed by atoms with Crippen LogP contribution in [0.15, 0.2) is 38.9 Å². The molecule has 0 fully saturated rings. The molecule has 0 bridgehead atoms. The number of nitrogen functional groups attached to an aromatic ring is 1. The van der Waals surface area contributed by atoms with Crippen molar-refractivity contribution in [3.05, 3.63) is 34.7 Å². The summed E-state index contributed by atoms with van der Waals surface area (Å²) in [6, 6.07) is 5.78. The van der Waals surface area contributed by atoms with E-state index >= 15 is 0 Å². The van der Waals surface area contributed by atoms with Gasteiger partial charge in [0.25, 0.3) is 0 Å². The minimum atomic E-state index is 0.674. The standard InChI is InChI=1S/C12H10BrN5S/c1-6-16-12(18-17-6)19-10-3-2-9(14)8-4-7(13)5-15-11(8)10/h2-5H,14H2,1H3,(H,16,17,18). The normalized spacial score (nSPS) is 11.1. The number of hydrogen-bond donors (Lipinski definition) is 2. The zero-order valence-corrected chi connectivity index (χ0v) is 12.4. The summed E-state index contributed by atoms with van der Waals surface area (Å²) < 4.78 is 0.905. The Labute approximate surface area is 122 Å². The number of aromatic nitrogens is 4. The minimum Gasteiger partial charge on any atom is -0.398 e. The molecule has 0 aliphatic heterocycles. The molecule has 19 heavy (non-hydrogen) atoms. The molecule has 2 heterocycles. The first kappa shape index (κ1) is 12.4. The van der Waals surface area contributed by atoms with E-state index in [9.17, 15) is 0 Å². The summed E-state index contributed by atoms with van der Waals surface area (Å²) in [4.78, 5) is 9.69. The predicted molar refractivity (Wildman–Crippen MR) is 79.1 cm³/mol. The fourth-order valence-electron chi connectivity index (χ4n) is 1.74. The predicted octanol–water partition coefficient (Wildman–Crippen LogP) is 3.16. The fraction of sp³-hybridized carbons (Fsp3) is 0.0833. The third-order valence-electron chi connectivity index (χ3n) is 2.59. The Morgan fingerprint density at radius 2 is 2.21 bits per heavy atom. The van der Waals surface area contributed by atoms with Crippen LogP contribution in [0.4, 0.5) is 5.69 Å². The number of benzene rings is 1. The van der Waals surface area contributed by atoms with Gasteiger partial charge in [0.15, 0.2) is 0 Å². The Bertz CT molecular complexity index is 755. The summed E-state index contributed by atoms with van der Waals surface area (Å²) in [5.41, 5.74) is 7.55. The monoisotopic (exact) mass is 335 g/mol. The second-order valence-corrected chi connectivity index (χ2v) is 5.93. The molecule has 3 aromatic rings. The van der Waals surface area contributed by atoms with Crippen LogP contribution in [0.5, 0.6) is 0 Å². The molecule has 0 aliphatic rings. The first-order chi connectivity index (χ1) is 9.13. The van der Waals surface area contributed by atoms with Crippen molar-refractivity contribution in [3.63, 3.8) is 0 Å². The number of aromatic amines is 1. The average Bonchev–Trinajstić information content (AvgIpc) is 2.79. The fourth-order valence-corrected chi connectivity index (χ4v) is 2.94. The van der Waals surface area contributed by atoms with E-state index in [1.807, 2.05) is 25.1 Å². The minimum absolute atomic E-state index is 0.674. The van der Waals surface area contributed by atoms with Crippen molar-refractivity contribution < 1.29 is 0 Å². The third kappa shape index (κ3) is 2.43. The number of H-pyrrole nitrogens is 1. The second kappa shape index (κ2) is 4.82. The molecule has 0 unspecified atom stereocenters. The van der Waals surface area contributed by atoms with Gasteiger partial charge in [0.05, 0.1) is 5.52 Å². The lowest BCUT2D eigenvalue weighted by Crippen LogP contribution is -1.91. The number of pyridine rings is 1. The summed E-state index contributed by atoms with van der Waals surface area (Å²) in [6.07, 6.45) is 1.76. The van der Waals surface area contributed by atoms with Crippen LogP contribution in [0.3, 0.4) is 0 Å². The van der Waals surface area contributed by atoms with Gasteiger partial charge >= 0.3 is 0 Å². The molecule has 0 atom stereocenters. The molecular formula is C12H10BrN5S. The lowest BCUT2D eigenvalue weighted by Gasteiger charge is -2.06. The quantitative estimate of drug-likeness (QED) is 0.703. The van der Waals surface area contributed by atoms with Crippen LogP contribution >= 0.6 is 27.7 Å². The van der Waals surface area contributed by atoms with E-state index in [0.29, 0.717) is 10.8 Å². The van der Waals surface area contributed by atoms with Crippen molar-refractivity contribution in [3.8, 4) is 0 Å². The van der Waals surface area contributed by atoms with Crippen LogP contribution < -0.4 is 5.73 Å². The van der Waals surface area contributed by atoms with Gasteiger partial charge in [-0.25, -0.2) is 4.98 Å². The van der Waals surface area contributed by atoms with Crippen LogP contribution in [0.2, 0.25) is 0 Å². The van der Waals surface area contributed by atoms with Gasteiger partial charge in [0, 0.05) is 26.6 Å². The number of hydrogen-bond acceptors (Lipinski definition) is 5. The number of nitrogens with one attached hydrogen (secondary N) is 1. The van der Waals surface area contributed by atoms with E-state index in [2.05, 4.69) is 36.1 Å². The number of fused-ring (bicyclic) bond motifs is 1. The molecule has 0 saturated heterocycles. The Morgan fingerprint density at radius 3 is 2.95 bits per heavy atom. The first-order valence-corrected chi connectivity index (χ1v) is 7.15. The Balaban J connectivity index is 2.11. The number of nitrogens with two attached hydrogens (primary N) is 1. The topological polar surface area (TPSA) is 80.5 Å². The summed E-state index contributed by atoms with van der Waals surface area (Å²) in [6.45, 7) is 1.87. The van der Waals surface area contributed by atoms with E-state index in [4.69, 9.17) is 5.73 Å². The highest BCUT2D eigenvalue weighted by molar-refractivity contribution is 9.10. The second-order valence-electron chi connectivity index (χ2n) is 4.01. The number of halogens is 1. The van der Waals surface area contributed by atoms with E-state index in [1.165, 1.54) is 11.8 Å². The van der Waals surface area contributed by atoms with Crippen LogP contribution in [0.25, 0.3) is 10.9 Å². The van der Waals surface area contributed by atoms with Gasteiger partial charge in [-0.3, -0.25) is 10.1 Å². The molecule has 7 heteroatoms. The molecule has 1 aromatic carbocycles. The molecule has 0 aliphatic carbocycles. The molecular weight excluding hydrogens is 326 g/mol. The zero-order valence-electron chi connectivity index (χ0n) is 10.0. The maximum atomic E-state index is 5.98. The third-order valence-corrected chi connectivity index (χ3v) is 3.94. The maximum Gasteiger partial charge on any atom is 0.213 e. The highest BCUT2D eigenvalue weighted by Crippen LogP contribution is 2.34. The van der Waals surface area contributed by atoms with Gasteiger partial charge in [0.2, 0.25) is 5.16 Å². The summed E-state index contributed by atoms with van der Waals surface area (Å²) in [7, 11) is 0. The molecule has 3 N–H and O–H groups in total. The van der Waals surface area contributed by atoms with Crippen LogP contribution in [-0.2, 0) is 0 Å². The lowest BCUT2D eigenvalue weighted by atomic mass is 10.2. The highest BCUT2D eigenvalue weighted by Gasteiger charge is 2.10. The van der Waals surface area contributed by atoms with Gasteiger partial charge < -0.3 is 5.73 Å². The molecule has 3 rings (SSSR count). The van der Waals surface area contributed by atoms with Gasteiger partial charge in [-0.15, -0.1) is 5.10 Å². The SMILES string of the molecule is Cc1nc(Sc2ccc(N)c3cc(Br)cnc23)n[nH]1. The van der Waals surface area contributed by atoms with Crippen molar-refractivity contribution in [2.45, 2.75) is 17.0 Å². The molecule has 5 nitrogen and oxygen atoms in total. The molecule has 0 saturated carbocycles.